The van der Waals surface area contributed by atoms with Crippen LogP contribution in [0.4, 0.5) is 34.1 Å². The summed E-state index contributed by atoms with van der Waals surface area (Å²) >= 11 is 1.95. The van der Waals surface area contributed by atoms with Crippen LogP contribution in [-0.4, -0.2) is 6.71 Å². The standard InChI is InChI=1S/C60H59BN2OS/c1-57(2,3)37-22-20-36(21-23-37)44-34-39(59(7,8)9)27-32-46(44)63-48-18-15-17-47-53(48)61(45-31-26-40(35-49(45)63)60(10,11)12)56-54(62(47)41-28-24-38(25-29-41)58(4,5)6)43-30-33-51-52(55(43)65-56)42-16-13-14-19-50(42)64-51/h13-35H,1-12H3. The molecule has 0 atom stereocenters. The molecule has 0 spiro atoms. The molecule has 0 saturated heterocycles. The van der Waals surface area contributed by atoms with Crippen LogP contribution in [0.5, 0.6) is 0 Å². The van der Waals surface area contributed by atoms with Crippen LogP contribution in [0.1, 0.15) is 105 Å². The van der Waals surface area contributed by atoms with Crippen molar-refractivity contribution in [2.75, 3.05) is 9.80 Å². The van der Waals surface area contributed by atoms with E-state index in [2.05, 4.69) is 232 Å². The molecule has 4 heterocycles. The zero-order valence-corrected chi connectivity index (χ0v) is 40.9. The lowest BCUT2D eigenvalue weighted by molar-refractivity contribution is 0.589. The second kappa shape index (κ2) is 14.2. The Bertz CT molecular complexity index is 3360. The van der Waals surface area contributed by atoms with E-state index < -0.39 is 0 Å². The average molecular weight is 867 g/mol. The van der Waals surface area contributed by atoms with Gasteiger partial charge in [-0.15, -0.1) is 11.3 Å². The average Bonchev–Trinajstić information content (AvgIpc) is 3.84. The molecule has 7 aromatic carbocycles. The van der Waals surface area contributed by atoms with Crippen LogP contribution < -0.4 is 25.5 Å². The third kappa shape index (κ3) is 6.59. The third-order valence-electron chi connectivity index (χ3n) is 14.1. The van der Waals surface area contributed by atoms with Crippen molar-refractivity contribution in [3.05, 3.63) is 162 Å². The van der Waals surface area contributed by atoms with E-state index in [9.17, 15) is 0 Å². The van der Waals surface area contributed by atoms with Crippen LogP contribution in [0.2, 0.25) is 0 Å². The highest BCUT2D eigenvalue weighted by molar-refractivity contribution is 7.34. The maximum atomic E-state index is 6.54. The highest BCUT2D eigenvalue weighted by Crippen LogP contribution is 2.51. The molecule has 324 valence electrons. The lowest BCUT2D eigenvalue weighted by atomic mass is 9.36. The summed E-state index contributed by atoms with van der Waals surface area (Å²) < 4.78 is 9.18. The topological polar surface area (TPSA) is 19.6 Å². The van der Waals surface area contributed by atoms with Crippen molar-refractivity contribution in [1.29, 1.82) is 0 Å². The monoisotopic (exact) mass is 866 g/mol. The Morgan fingerprint density at radius 3 is 1.71 bits per heavy atom. The molecule has 0 saturated carbocycles. The molecule has 3 nitrogen and oxygen atoms in total. The maximum Gasteiger partial charge on any atom is 0.264 e. The molecule has 0 amide bonds. The fourth-order valence-electron chi connectivity index (χ4n) is 10.4. The number of benzene rings is 7. The lowest BCUT2D eigenvalue weighted by Crippen LogP contribution is -2.60. The van der Waals surface area contributed by atoms with E-state index in [1.807, 2.05) is 11.3 Å². The molecule has 2 aromatic heterocycles. The van der Waals surface area contributed by atoms with Gasteiger partial charge in [0.15, 0.2) is 0 Å². The fraction of sp³-hybridized carbons (Fsp3) is 0.267. The number of rotatable bonds is 3. The van der Waals surface area contributed by atoms with Crippen LogP contribution in [0, 0.1) is 0 Å². The first-order valence-corrected chi connectivity index (χ1v) is 24.2. The van der Waals surface area contributed by atoms with Crippen LogP contribution in [0.3, 0.4) is 0 Å². The van der Waals surface area contributed by atoms with Gasteiger partial charge in [0.1, 0.15) is 11.2 Å². The van der Waals surface area contributed by atoms with Crippen molar-refractivity contribution in [2.45, 2.75) is 105 Å². The predicted molar refractivity (Wildman–Crippen MR) is 283 cm³/mol. The van der Waals surface area contributed by atoms with E-state index in [1.54, 1.807) is 0 Å². The first kappa shape index (κ1) is 41.7. The maximum absolute atomic E-state index is 6.54. The quantitative estimate of drug-likeness (QED) is 0.165. The Labute approximate surface area is 389 Å². The van der Waals surface area contributed by atoms with Crippen molar-refractivity contribution in [1.82, 2.24) is 0 Å². The van der Waals surface area contributed by atoms with Gasteiger partial charge in [-0.2, -0.15) is 0 Å². The largest absolute Gasteiger partial charge is 0.456 e. The number of nitrogens with zero attached hydrogens (tertiary/aromatic N) is 2. The second-order valence-electron chi connectivity index (χ2n) is 22.7. The molecule has 2 aliphatic heterocycles. The Morgan fingerprint density at radius 2 is 1.05 bits per heavy atom. The molecule has 0 bridgehead atoms. The van der Waals surface area contributed by atoms with E-state index in [0.29, 0.717) is 0 Å². The minimum Gasteiger partial charge on any atom is -0.456 e. The molecular weight excluding hydrogens is 808 g/mol. The minimum atomic E-state index is -0.0518. The van der Waals surface area contributed by atoms with Gasteiger partial charge in [-0.3, -0.25) is 0 Å². The van der Waals surface area contributed by atoms with Crippen LogP contribution in [0.15, 0.2) is 144 Å². The predicted octanol–water partition coefficient (Wildman–Crippen LogP) is 15.7. The number of hydrogen-bond donors (Lipinski definition) is 0. The number of anilines is 6. The molecular formula is C60H59BN2OS. The SMILES string of the molecule is CC(C)(C)c1ccc(-c2cc(C(C)(C)C)ccc2N2c3cc(C(C)(C)C)ccc3B3c4sc5c(ccc6oc7ccccc7c65)c4N(c4ccc(C(C)(C)C)cc4)c4cccc2c43)cc1. The first-order valence-electron chi connectivity index (χ1n) is 23.4. The zero-order valence-electron chi connectivity index (χ0n) is 40.1. The number of thiophene rings is 1. The lowest BCUT2D eigenvalue weighted by Gasteiger charge is -2.44. The Balaban J connectivity index is 1.24. The molecule has 11 rings (SSSR count). The molecule has 0 fully saturated rings. The summed E-state index contributed by atoms with van der Waals surface area (Å²) in [4.78, 5) is 5.19. The molecule has 2 aliphatic rings. The van der Waals surface area contributed by atoms with Gasteiger partial charge < -0.3 is 14.2 Å². The van der Waals surface area contributed by atoms with E-state index >= 15 is 0 Å². The van der Waals surface area contributed by atoms with Crippen molar-refractivity contribution < 1.29 is 4.42 Å². The van der Waals surface area contributed by atoms with Crippen LogP contribution in [-0.2, 0) is 21.7 Å². The van der Waals surface area contributed by atoms with Crippen LogP contribution in [0.25, 0.3) is 43.2 Å². The van der Waals surface area contributed by atoms with Gasteiger partial charge in [-0.05, 0) is 121 Å². The van der Waals surface area contributed by atoms with Gasteiger partial charge in [-0.1, -0.05) is 162 Å². The summed E-state index contributed by atoms with van der Waals surface area (Å²) in [5.74, 6) is 0. The van der Waals surface area contributed by atoms with Crippen LogP contribution >= 0.6 is 11.3 Å². The number of hydrogen-bond acceptors (Lipinski definition) is 4. The van der Waals surface area contributed by atoms with Crippen molar-refractivity contribution in [2.24, 2.45) is 0 Å². The summed E-state index contributed by atoms with van der Waals surface area (Å²) in [5.41, 5.74) is 19.6. The highest BCUT2D eigenvalue weighted by atomic mass is 32.1. The molecule has 0 aliphatic carbocycles. The summed E-state index contributed by atoms with van der Waals surface area (Å²) in [7, 11) is 0. The van der Waals surface area contributed by atoms with E-state index in [4.69, 9.17) is 4.42 Å². The Hall–Kier alpha value is -6.04. The summed E-state index contributed by atoms with van der Waals surface area (Å²) in [6.45, 7) is 27.8. The molecule has 65 heavy (non-hydrogen) atoms. The highest BCUT2D eigenvalue weighted by Gasteiger charge is 2.46. The number of furan rings is 1. The van der Waals surface area contributed by atoms with Gasteiger partial charge in [0.2, 0.25) is 0 Å². The number of fused-ring (bicyclic) bond motifs is 10. The normalized spacial score (nSPS) is 14.1. The van der Waals surface area contributed by atoms with E-state index in [-0.39, 0.29) is 28.4 Å². The van der Waals surface area contributed by atoms with E-state index in [1.165, 1.54) is 93.0 Å². The second-order valence-corrected chi connectivity index (χ2v) is 23.7. The molecule has 0 N–H and O–H groups in total. The Morgan fingerprint density at radius 1 is 0.462 bits per heavy atom. The first-order chi connectivity index (χ1) is 30.8. The minimum absolute atomic E-state index is 0.00977. The smallest absolute Gasteiger partial charge is 0.264 e. The summed E-state index contributed by atoms with van der Waals surface area (Å²) in [6.07, 6.45) is 0. The van der Waals surface area contributed by atoms with Crippen molar-refractivity contribution >= 4 is 99.9 Å². The van der Waals surface area contributed by atoms with Gasteiger partial charge in [-0.25, -0.2) is 0 Å². The van der Waals surface area contributed by atoms with Crippen molar-refractivity contribution in [3.63, 3.8) is 0 Å². The fourth-order valence-corrected chi connectivity index (χ4v) is 11.8. The Kier molecular flexibility index (Phi) is 9.12. The third-order valence-corrected chi connectivity index (χ3v) is 15.4. The molecule has 5 heteroatoms. The van der Waals surface area contributed by atoms with Gasteiger partial charge in [0.05, 0.1) is 11.4 Å². The summed E-state index contributed by atoms with van der Waals surface area (Å²) in [5, 5.41) is 3.62. The van der Waals surface area contributed by atoms with Gasteiger partial charge in [0.25, 0.3) is 6.71 Å². The van der Waals surface area contributed by atoms with Gasteiger partial charge in [0, 0.05) is 53.9 Å². The molecule has 0 radical (unpaired) electrons. The van der Waals surface area contributed by atoms with Gasteiger partial charge >= 0.3 is 0 Å². The number of para-hydroxylation sites is 1. The zero-order chi connectivity index (χ0) is 45.5. The van der Waals surface area contributed by atoms with E-state index in [0.717, 1.165) is 22.2 Å². The molecule has 0 unspecified atom stereocenters. The van der Waals surface area contributed by atoms with Crippen molar-refractivity contribution in [3.8, 4) is 11.1 Å². The molecule has 9 aromatic rings. The summed E-state index contributed by atoms with van der Waals surface area (Å²) in [6, 6.07) is 53.3.